The lowest BCUT2D eigenvalue weighted by molar-refractivity contribution is 0.0916. The van der Waals surface area contributed by atoms with Gasteiger partial charge in [-0.3, -0.25) is 0 Å². The van der Waals surface area contributed by atoms with Crippen LogP contribution in [0.4, 0.5) is 4.79 Å². The Morgan fingerprint density at radius 1 is 1.80 bits per heavy atom. The van der Waals surface area contributed by atoms with Crippen LogP contribution in [0.15, 0.2) is 0 Å². The summed E-state index contributed by atoms with van der Waals surface area (Å²) >= 11 is 0. The van der Waals surface area contributed by atoms with Crippen LogP contribution in [0.3, 0.4) is 0 Å². The number of amides is 1. The summed E-state index contributed by atoms with van der Waals surface area (Å²) in [5.41, 5.74) is 4.60. The Bertz CT molecular complexity index is 143. The highest BCUT2D eigenvalue weighted by Gasteiger charge is 2.45. The quantitative estimate of drug-likeness (QED) is 0.578. The van der Waals surface area contributed by atoms with Gasteiger partial charge in [0.05, 0.1) is 0 Å². The Labute approximate surface area is 59.7 Å². The zero-order valence-electron chi connectivity index (χ0n) is 6.02. The summed E-state index contributed by atoms with van der Waals surface area (Å²) in [5, 5.41) is 2.94. The van der Waals surface area contributed by atoms with Crippen molar-refractivity contribution in [3.63, 3.8) is 0 Å². The van der Waals surface area contributed by atoms with Crippen molar-refractivity contribution >= 4 is 6.09 Å². The number of nitrogens with one attached hydrogen (secondary N) is 1. The lowest BCUT2D eigenvalue weighted by Crippen LogP contribution is -2.32. The molecule has 10 heavy (non-hydrogen) atoms. The standard InChI is InChI=1S/C6H12N2O2/c1-8-4-6(2-3-6)10-5(7)9/h8H,2-4H2,1H3,(H2,7,9). The third-order valence-corrected chi connectivity index (χ3v) is 1.62. The van der Waals surface area contributed by atoms with Gasteiger partial charge in [-0.2, -0.15) is 0 Å². The minimum absolute atomic E-state index is 0.263. The molecule has 0 unspecified atom stereocenters. The van der Waals surface area contributed by atoms with Crippen LogP contribution in [0.25, 0.3) is 0 Å². The van der Waals surface area contributed by atoms with Crippen LogP contribution >= 0.6 is 0 Å². The molecule has 0 aromatic carbocycles. The summed E-state index contributed by atoms with van der Waals surface area (Å²) in [6.45, 7) is 0.704. The fraction of sp³-hybridized carbons (Fsp3) is 0.833. The van der Waals surface area contributed by atoms with E-state index in [1.54, 1.807) is 0 Å². The Balaban J connectivity index is 2.30. The molecule has 1 amide bonds. The summed E-state index contributed by atoms with van der Waals surface area (Å²) in [6.07, 6.45) is 1.18. The van der Waals surface area contributed by atoms with Crippen molar-refractivity contribution in [1.82, 2.24) is 5.32 Å². The average Bonchev–Trinajstić information content (AvgIpc) is 2.47. The van der Waals surface area contributed by atoms with Crippen LogP contribution in [0.1, 0.15) is 12.8 Å². The maximum absolute atomic E-state index is 10.3. The first-order chi connectivity index (χ1) is 4.68. The van der Waals surface area contributed by atoms with Gasteiger partial charge in [0.2, 0.25) is 0 Å². The van der Waals surface area contributed by atoms with Gasteiger partial charge in [0.25, 0.3) is 0 Å². The van der Waals surface area contributed by atoms with Gasteiger partial charge in [-0.05, 0) is 19.9 Å². The maximum atomic E-state index is 10.3. The molecule has 0 atom stereocenters. The largest absolute Gasteiger partial charge is 0.442 e. The molecule has 0 radical (unpaired) electrons. The van der Waals surface area contributed by atoms with Gasteiger partial charge in [-0.15, -0.1) is 0 Å². The number of hydrogen-bond donors (Lipinski definition) is 2. The second-order valence-corrected chi connectivity index (χ2v) is 2.63. The molecule has 3 N–H and O–H groups in total. The number of rotatable bonds is 3. The lowest BCUT2D eigenvalue weighted by Gasteiger charge is -2.13. The molecule has 0 aliphatic heterocycles. The Morgan fingerprint density at radius 3 is 2.70 bits per heavy atom. The molecule has 1 aliphatic rings. The fourth-order valence-electron chi connectivity index (χ4n) is 0.990. The molecule has 1 aliphatic carbocycles. The van der Waals surface area contributed by atoms with Crippen molar-refractivity contribution in [2.45, 2.75) is 18.4 Å². The van der Waals surface area contributed by atoms with Gasteiger partial charge in [-0.25, -0.2) is 4.79 Å². The Morgan fingerprint density at radius 2 is 2.40 bits per heavy atom. The molecule has 0 saturated heterocycles. The summed E-state index contributed by atoms with van der Waals surface area (Å²) in [4.78, 5) is 10.3. The van der Waals surface area contributed by atoms with Crippen molar-refractivity contribution in [1.29, 1.82) is 0 Å². The van der Waals surface area contributed by atoms with Crippen molar-refractivity contribution in [3.8, 4) is 0 Å². The fourth-order valence-corrected chi connectivity index (χ4v) is 0.990. The monoisotopic (exact) mass is 144 g/mol. The number of carbonyl (C=O) groups excluding carboxylic acids is 1. The van der Waals surface area contributed by atoms with Crippen molar-refractivity contribution in [3.05, 3.63) is 0 Å². The first-order valence-corrected chi connectivity index (χ1v) is 3.32. The first kappa shape index (κ1) is 7.34. The van der Waals surface area contributed by atoms with E-state index in [2.05, 4.69) is 5.32 Å². The molecule has 58 valence electrons. The van der Waals surface area contributed by atoms with Gasteiger partial charge in [0.1, 0.15) is 5.60 Å². The van der Waals surface area contributed by atoms with E-state index >= 15 is 0 Å². The molecule has 0 bridgehead atoms. The van der Waals surface area contributed by atoms with Gasteiger partial charge in [-0.1, -0.05) is 0 Å². The van der Waals surface area contributed by atoms with Crippen LogP contribution < -0.4 is 11.1 Å². The minimum Gasteiger partial charge on any atom is -0.442 e. The first-order valence-electron chi connectivity index (χ1n) is 3.32. The third kappa shape index (κ3) is 1.60. The molecular weight excluding hydrogens is 132 g/mol. The van der Waals surface area contributed by atoms with Crippen LogP contribution in [0, 0.1) is 0 Å². The summed E-state index contributed by atoms with van der Waals surface area (Å²) in [7, 11) is 1.82. The van der Waals surface area contributed by atoms with Crippen LogP contribution in [-0.4, -0.2) is 25.3 Å². The molecule has 0 heterocycles. The molecule has 0 spiro atoms. The van der Waals surface area contributed by atoms with Crippen molar-refractivity contribution < 1.29 is 9.53 Å². The second kappa shape index (κ2) is 2.46. The maximum Gasteiger partial charge on any atom is 0.405 e. The molecule has 0 aromatic heterocycles. The number of carbonyl (C=O) groups is 1. The van der Waals surface area contributed by atoms with Gasteiger partial charge in [0, 0.05) is 6.54 Å². The predicted octanol–water partition coefficient (Wildman–Crippen LogP) is -0.166. The van der Waals surface area contributed by atoms with E-state index in [0.717, 1.165) is 12.8 Å². The summed E-state index contributed by atoms with van der Waals surface area (Å²) < 4.78 is 4.87. The minimum atomic E-state index is -0.673. The zero-order chi connectivity index (χ0) is 7.61. The normalized spacial score (nSPS) is 20.1. The Hall–Kier alpha value is -0.770. The number of hydrogen-bond acceptors (Lipinski definition) is 3. The molecule has 1 fully saturated rings. The smallest absolute Gasteiger partial charge is 0.405 e. The van der Waals surface area contributed by atoms with E-state index in [0.29, 0.717) is 6.54 Å². The van der Waals surface area contributed by atoms with E-state index in [1.807, 2.05) is 7.05 Å². The molecule has 1 saturated carbocycles. The van der Waals surface area contributed by atoms with Crippen molar-refractivity contribution in [2.75, 3.05) is 13.6 Å². The zero-order valence-corrected chi connectivity index (χ0v) is 6.02. The van der Waals surface area contributed by atoms with E-state index in [4.69, 9.17) is 10.5 Å². The van der Waals surface area contributed by atoms with Crippen LogP contribution in [0.5, 0.6) is 0 Å². The highest BCUT2D eigenvalue weighted by molar-refractivity contribution is 5.65. The number of primary amides is 1. The molecule has 4 heteroatoms. The van der Waals surface area contributed by atoms with Crippen LogP contribution in [-0.2, 0) is 4.74 Å². The van der Waals surface area contributed by atoms with Crippen LogP contribution in [0.2, 0.25) is 0 Å². The highest BCUT2D eigenvalue weighted by Crippen LogP contribution is 2.38. The molecule has 0 aromatic rings. The number of likely N-dealkylation sites (N-methyl/N-ethyl adjacent to an activating group) is 1. The molecule has 4 nitrogen and oxygen atoms in total. The van der Waals surface area contributed by atoms with E-state index in [-0.39, 0.29) is 5.60 Å². The summed E-state index contributed by atoms with van der Waals surface area (Å²) in [6, 6.07) is 0. The topological polar surface area (TPSA) is 64.3 Å². The average molecular weight is 144 g/mol. The summed E-state index contributed by atoms with van der Waals surface area (Å²) in [5.74, 6) is 0. The SMILES string of the molecule is CNCC1(OC(N)=O)CC1. The van der Waals surface area contributed by atoms with Gasteiger partial charge >= 0.3 is 6.09 Å². The third-order valence-electron chi connectivity index (χ3n) is 1.62. The van der Waals surface area contributed by atoms with Gasteiger partial charge in [0.15, 0.2) is 0 Å². The predicted molar refractivity (Wildman–Crippen MR) is 36.6 cm³/mol. The number of ether oxygens (including phenoxy) is 1. The second-order valence-electron chi connectivity index (χ2n) is 2.63. The van der Waals surface area contributed by atoms with Gasteiger partial charge < -0.3 is 15.8 Å². The Kier molecular flexibility index (Phi) is 1.80. The van der Waals surface area contributed by atoms with E-state index in [9.17, 15) is 4.79 Å². The number of nitrogens with two attached hydrogens (primary N) is 1. The molecule has 1 rings (SSSR count). The van der Waals surface area contributed by atoms with E-state index in [1.165, 1.54) is 0 Å². The van der Waals surface area contributed by atoms with E-state index < -0.39 is 6.09 Å². The lowest BCUT2D eigenvalue weighted by atomic mass is 10.3. The highest BCUT2D eigenvalue weighted by atomic mass is 16.6. The van der Waals surface area contributed by atoms with Crippen molar-refractivity contribution in [2.24, 2.45) is 5.73 Å². The molecular formula is C6H12N2O2.